The second-order valence-corrected chi connectivity index (χ2v) is 5.56. The van der Waals surface area contributed by atoms with Crippen LogP contribution in [0.25, 0.3) is 0 Å². The Morgan fingerprint density at radius 1 is 1.38 bits per heavy atom. The molecular weight excluding hydrogens is 330 g/mol. The van der Waals surface area contributed by atoms with Crippen molar-refractivity contribution in [2.75, 3.05) is 5.73 Å². The molecule has 0 radical (unpaired) electrons. The van der Waals surface area contributed by atoms with Crippen molar-refractivity contribution in [2.45, 2.75) is 19.0 Å². The van der Waals surface area contributed by atoms with Gasteiger partial charge in [-0.05, 0) is 12.0 Å². The van der Waals surface area contributed by atoms with Crippen molar-refractivity contribution in [1.29, 1.82) is 0 Å². The Kier molecular flexibility index (Phi) is 4.76. The normalized spacial score (nSPS) is 12.0. The molecule has 1 aromatic carbocycles. The molecule has 0 saturated carbocycles. The van der Waals surface area contributed by atoms with Crippen LogP contribution >= 0.6 is 11.6 Å². The average molecular weight is 346 g/mol. The molecule has 0 aliphatic heterocycles. The molecule has 0 fully saturated rings. The Bertz CT molecular complexity index is 801. The van der Waals surface area contributed by atoms with Crippen LogP contribution < -0.4 is 11.1 Å². The summed E-state index contributed by atoms with van der Waals surface area (Å²) in [6.07, 6.45) is 3.75. The second-order valence-electron chi connectivity index (χ2n) is 5.18. The number of nitrogens with zero attached hydrogens (tertiary/aromatic N) is 4. The van der Waals surface area contributed by atoms with Gasteiger partial charge in [0, 0.05) is 6.54 Å². The molecule has 1 atom stereocenters. The first-order valence-electron chi connectivity index (χ1n) is 7.32. The van der Waals surface area contributed by atoms with Crippen molar-refractivity contribution >= 4 is 23.3 Å². The summed E-state index contributed by atoms with van der Waals surface area (Å²) >= 11 is 5.99. The van der Waals surface area contributed by atoms with E-state index in [0.29, 0.717) is 13.0 Å². The molecular formula is C15H16ClN7O. The smallest absolute Gasteiger partial charge is 0.271 e. The summed E-state index contributed by atoms with van der Waals surface area (Å²) in [5.41, 5.74) is 6.70. The summed E-state index contributed by atoms with van der Waals surface area (Å²) in [5.74, 6) is -0.266. The molecule has 2 heterocycles. The molecule has 0 aliphatic rings. The fourth-order valence-corrected chi connectivity index (χ4v) is 2.51. The number of benzene rings is 1. The highest BCUT2D eigenvalue weighted by Crippen LogP contribution is 2.22. The molecule has 2 aromatic heterocycles. The van der Waals surface area contributed by atoms with Gasteiger partial charge in [0.15, 0.2) is 5.82 Å². The lowest BCUT2D eigenvalue weighted by Gasteiger charge is -2.19. The van der Waals surface area contributed by atoms with Gasteiger partial charge in [0.05, 0.1) is 6.04 Å². The number of aryl methyl sites for hydroxylation is 1. The van der Waals surface area contributed by atoms with E-state index in [-0.39, 0.29) is 28.5 Å². The summed E-state index contributed by atoms with van der Waals surface area (Å²) in [5, 5.41) is 13.4. The minimum atomic E-state index is -0.364. The van der Waals surface area contributed by atoms with Crippen LogP contribution in [-0.2, 0) is 6.54 Å². The number of nitrogens with one attached hydrogen (secondary N) is 2. The van der Waals surface area contributed by atoms with Crippen molar-refractivity contribution in [3.8, 4) is 0 Å². The predicted octanol–water partition coefficient (Wildman–Crippen LogP) is 1.80. The summed E-state index contributed by atoms with van der Waals surface area (Å²) in [6.45, 7) is 0.610. The third-order valence-corrected chi connectivity index (χ3v) is 3.96. The van der Waals surface area contributed by atoms with E-state index < -0.39 is 0 Å². The number of nitrogens with two attached hydrogens (primary N) is 1. The van der Waals surface area contributed by atoms with Crippen LogP contribution in [0, 0.1) is 0 Å². The maximum absolute atomic E-state index is 12.5. The van der Waals surface area contributed by atoms with Crippen LogP contribution in [0.1, 0.15) is 28.5 Å². The van der Waals surface area contributed by atoms with Crippen molar-refractivity contribution in [3.63, 3.8) is 0 Å². The molecule has 1 unspecified atom stereocenters. The largest absolute Gasteiger partial charge is 0.381 e. The lowest BCUT2D eigenvalue weighted by Crippen LogP contribution is -2.30. The lowest BCUT2D eigenvalue weighted by atomic mass is 10.0. The zero-order chi connectivity index (χ0) is 16.9. The van der Waals surface area contributed by atoms with Gasteiger partial charge >= 0.3 is 0 Å². The summed E-state index contributed by atoms with van der Waals surface area (Å²) in [4.78, 5) is 16.4. The summed E-state index contributed by atoms with van der Waals surface area (Å²) < 4.78 is 1.71. The quantitative estimate of drug-likeness (QED) is 0.630. The molecule has 3 aromatic rings. The van der Waals surface area contributed by atoms with E-state index in [1.165, 1.54) is 6.33 Å². The number of H-pyrrole nitrogens is 1. The van der Waals surface area contributed by atoms with Crippen molar-refractivity contribution in [3.05, 3.63) is 59.3 Å². The maximum atomic E-state index is 12.5. The van der Waals surface area contributed by atoms with Crippen LogP contribution in [-0.4, -0.2) is 30.9 Å². The standard InChI is InChI=1S/C15H16ClN7O/c16-12-13(21-22-14(12)17)15(24)20-11(10-4-2-1-3-5-10)6-7-23-9-18-8-19-23/h1-5,8-9,11H,6-7H2,(H,20,24)(H3,17,21,22). The maximum Gasteiger partial charge on any atom is 0.271 e. The Morgan fingerprint density at radius 2 is 2.17 bits per heavy atom. The van der Waals surface area contributed by atoms with Gasteiger partial charge in [0.1, 0.15) is 23.4 Å². The number of aromatic amines is 1. The van der Waals surface area contributed by atoms with Crippen LogP contribution in [0.4, 0.5) is 5.82 Å². The van der Waals surface area contributed by atoms with Crippen LogP contribution in [0.15, 0.2) is 43.0 Å². The number of nitrogen functional groups attached to an aromatic ring is 1. The van der Waals surface area contributed by atoms with E-state index in [9.17, 15) is 4.79 Å². The lowest BCUT2D eigenvalue weighted by molar-refractivity contribution is 0.0928. The fourth-order valence-electron chi connectivity index (χ4n) is 2.34. The van der Waals surface area contributed by atoms with E-state index in [4.69, 9.17) is 17.3 Å². The molecule has 0 saturated heterocycles. The molecule has 0 spiro atoms. The predicted molar refractivity (Wildman–Crippen MR) is 89.3 cm³/mol. The molecule has 24 heavy (non-hydrogen) atoms. The monoisotopic (exact) mass is 345 g/mol. The Labute approximate surface area is 143 Å². The molecule has 8 nitrogen and oxygen atoms in total. The van der Waals surface area contributed by atoms with Gasteiger partial charge in [-0.3, -0.25) is 14.6 Å². The highest BCUT2D eigenvalue weighted by Gasteiger charge is 2.20. The van der Waals surface area contributed by atoms with Crippen LogP contribution in [0.3, 0.4) is 0 Å². The highest BCUT2D eigenvalue weighted by atomic mass is 35.5. The van der Waals surface area contributed by atoms with Gasteiger partial charge in [-0.15, -0.1) is 0 Å². The third-order valence-electron chi connectivity index (χ3n) is 3.58. The van der Waals surface area contributed by atoms with E-state index in [2.05, 4.69) is 25.6 Å². The number of amides is 1. The molecule has 4 N–H and O–H groups in total. The molecule has 9 heteroatoms. The van der Waals surface area contributed by atoms with Gasteiger partial charge in [-0.1, -0.05) is 41.9 Å². The van der Waals surface area contributed by atoms with Gasteiger partial charge in [0.25, 0.3) is 5.91 Å². The van der Waals surface area contributed by atoms with E-state index >= 15 is 0 Å². The number of carbonyl (C=O) groups is 1. The van der Waals surface area contributed by atoms with E-state index in [0.717, 1.165) is 5.56 Å². The minimum Gasteiger partial charge on any atom is -0.381 e. The van der Waals surface area contributed by atoms with E-state index in [1.54, 1.807) is 11.0 Å². The first kappa shape index (κ1) is 16.0. The number of anilines is 1. The number of rotatable bonds is 6. The van der Waals surface area contributed by atoms with Crippen molar-refractivity contribution in [2.24, 2.45) is 0 Å². The zero-order valence-corrected chi connectivity index (χ0v) is 13.4. The summed E-state index contributed by atoms with van der Waals surface area (Å²) in [6, 6.07) is 9.45. The Balaban J connectivity index is 1.76. The number of halogens is 1. The first-order valence-corrected chi connectivity index (χ1v) is 7.70. The highest BCUT2D eigenvalue weighted by molar-refractivity contribution is 6.35. The third kappa shape index (κ3) is 3.54. The average Bonchev–Trinajstić information content (AvgIpc) is 3.23. The van der Waals surface area contributed by atoms with Crippen molar-refractivity contribution in [1.82, 2.24) is 30.3 Å². The van der Waals surface area contributed by atoms with Gasteiger partial charge < -0.3 is 11.1 Å². The molecule has 124 valence electrons. The second kappa shape index (κ2) is 7.14. The van der Waals surface area contributed by atoms with Crippen LogP contribution in [0.2, 0.25) is 5.02 Å². The van der Waals surface area contributed by atoms with Crippen LogP contribution in [0.5, 0.6) is 0 Å². The number of hydrogen-bond donors (Lipinski definition) is 3. The van der Waals surface area contributed by atoms with Gasteiger partial charge in [0.2, 0.25) is 0 Å². The molecule has 0 bridgehead atoms. The fraction of sp³-hybridized carbons (Fsp3) is 0.200. The number of hydrogen-bond acceptors (Lipinski definition) is 5. The van der Waals surface area contributed by atoms with Gasteiger partial charge in [-0.2, -0.15) is 10.2 Å². The van der Waals surface area contributed by atoms with E-state index in [1.807, 2.05) is 30.3 Å². The molecule has 1 amide bonds. The van der Waals surface area contributed by atoms with Gasteiger partial charge in [-0.25, -0.2) is 4.98 Å². The minimum absolute atomic E-state index is 0.0979. The Hall–Kier alpha value is -2.87. The first-order chi connectivity index (χ1) is 11.6. The number of aromatic nitrogens is 5. The van der Waals surface area contributed by atoms with Crippen molar-refractivity contribution < 1.29 is 4.79 Å². The topological polar surface area (TPSA) is 115 Å². The zero-order valence-electron chi connectivity index (χ0n) is 12.7. The Morgan fingerprint density at radius 3 is 2.79 bits per heavy atom. The summed E-state index contributed by atoms with van der Waals surface area (Å²) in [7, 11) is 0. The SMILES string of the molecule is Nc1n[nH]c(C(=O)NC(CCn2cncn2)c2ccccc2)c1Cl. The molecule has 0 aliphatic carbocycles. The molecule has 3 rings (SSSR count). The number of carbonyl (C=O) groups excluding carboxylic acids is 1.